The summed E-state index contributed by atoms with van der Waals surface area (Å²) in [6.07, 6.45) is 3.29. The van der Waals surface area contributed by atoms with E-state index in [0.717, 1.165) is 17.7 Å². The maximum atomic E-state index is 12.6. The van der Waals surface area contributed by atoms with Crippen LogP contribution >= 0.6 is 11.6 Å². The van der Waals surface area contributed by atoms with Crippen LogP contribution in [0.25, 0.3) is 0 Å². The molecule has 2 nitrogen and oxygen atoms in total. The van der Waals surface area contributed by atoms with Crippen molar-refractivity contribution in [1.82, 2.24) is 0 Å². The highest BCUT2D eigenvalue weighted by Crippen LogP contribution is 2.35. The lowest BCUT2D eigenvalue weighted by atomic mass is 9.83. The third-order valence-electron chi connectivity index (χ3n) is 3.61. The summed E-state index contributed by atoms with van der Waals surface area (Å²) in [6.45, 7) is 4.48. The molecule has 4 heteroatoms. The van der Waals surface area contributed by atoms with Crippen molar-refractivity contribution in [3.05, 3.63) is 23.2 Å². The molecule has 3 unspecified atom stereocenters. The summed E-state index contributed by atoms with van der Waals surface area (Å²) in [5.74, 6) is 1.30. The number of hydrogen-bond donors (Lipinski definition) is 1. The van der Waals surface area contributed by atoms with Gasteiger partial charge in [0.25, 0.3) is 0 Å². The van der Waals surface area contributed by atoms with E-state index in [1.165, 1.54) is 6.42 Å². The van der Waals surface area contributed by atoms with Gasteiger partial charge in [-0.3, -0.25) is 4.21 Å². The predicted molar refractivity (Wildman–Crippen MR) is 78.2 cm³/mol. The highest BCUT2D eigenvalue weighted by Gasteiger charge is 2.29. The molecule has 2 rings (SSSR count). The van der Waals surface area contributed by atoms with Gasteiger partial charge in [0, 0.05) is 10.9 Å². The molecule has 1 saturated carbocycles. The first-order valence-corrected chi connectivity index (χ1v) is 8.02. The van der Waals surface area contributed by atoms with Crippen molar-refractivity contribution in [2.45, 2.75) is 43.3 Å². The number of nitrogens with two attached hydrogens (primary N) is 1. The van der Waals surface area contributed by atoms with Crippen molar-refractivity contribution in [2.24, 2.45) is 11.8 Å². The Balaban J connectivity index is 2.20. The highest BCUT2D eigenvalue weighted by molar-refractivity contribution is 7.85. The minimum absolute atomic E-state index is 0.227. The lowest BCUT2D eigenvalue weighted by Gasteiger charge is -2.31. The van der Waals surface area contributed by atoms with Crippen molar-refractivity contribution in [1.29, 1.82) is 0 Å². The fourth-order valence-electron chi connectivity index (χ4n) is 2.91. The van der Waals surface area contributed by atoms with Crippen molar-refractivity contribution in [2.75, 3.05) is 5.73 Å². The highest BCUT2D eigenvalue weighted by atomic mass is 35.5. The van der Waals surface area contributed by atoms with Gasteiger partial charge in [0.05, 0.1) is 20.7 Å². The van der Waals surface area contributed by atoms with Crippen LogP contribution in [0, 0.1) is 11.8 Å². The molecule has 0 aliphatic heterocycles. The molecule has 0 spiro atoms. The Morgan fingerprint density at radius 3 is 2.39 bits per heavy atom. The molecule has 2 N–H and O–H groups in total. The van der Waals surface area contributed by atoms with Gasteiger partial charge in [0.2, 0.25) is 0 Å². The minimum atomic E-state index is -1.02. The predicted octanol–water partition coefficient (Wildman–Crippen LogP) is 3.85. The number of rotatable bonds is 2. The summed E-state index contributed by atoms with van der Waals surface area (Å²) in [5, 5.41) is 0.754. The Bertz CT molecular complexity index is 453. The summed E-state index contributed by atoms with van der Waals surface area (Å²) < 4.78 is 12.6. The van der Waals surface area contributed by atoms with Crippen LogP contribution in [0.4, 0.5) is 5.69 Å². The third-order valence-corrected chi connectivity index (χ3v) is 5.82. The Morgan fingerprint density at radius 1 is 1.22 bits per heavy atom. The Kier molecular flexibility index (Phi) is 4.33. The molecule has 0 heterocycles. The van der Waals surface area contributed by atoms with Crippen LogP contribution in [0.2, 0.25) is 5.02 Å². The van der Waals surface area contributed by atoms with Crippen LogP contribution in [0.1, 0.15) is 33.1 Å². The lowest BCUT2D eigenvalue weighted by molar-refractivity contribution is 0.305. The molecule has 100 valence electrons. The van der Waals surface area contributed by atoms with E-state index in [9.17, 15) is 4.21 Å². The number of halogens is 1. The Morgan fingerprint density at radius 2 is 1.83 bits per heavy atom. The lowest BCUT2D eigenvalue weighted by Crippen LogP contribution is -2.27. The smallest absolute Gasteiger partial charge is 0.0588 e. The molecule has 0 bridgehead atoms. The van der Waals surface area contributed by atoms with E-state index >= 15 is 0 Å². The van der Waals surface area contributed by atoms with Gasteiger partial charge in [-0.15, -0.1) is 0 Å². The van der Waals surface area contributed by atoms with Gasteiger partial charge in [0.15, 0.2) is 0 Å². The SMILES string of the molecule is CC1CC(C)CC(S(=O)c2ccc(N)cc2Cl)C1. The van der Waals surface area contributed by atoms with Gasteiger partial charge in [0.1, 0.15) is 0 Å². The van der Waals surface area contributed by atoms with Crippen molar-refractivity contribution >= 4 is 28.1 Å². The second kappa shape index (κ2) is 5.62. The van der Waals surface area contributed by atoms with Gasteiger partial charge in [-0.1, -0.05) is 25.4 Å². The molecule has 1 aromatic rings. The summed E-state index contributed by atoms with van der Waals surface area (Å²) in [5.41, 5.74) is 6.28. The maximum absolute atomic E-state index is 12.6. The molecule has 3 atom stereocenters. The van der Waals surface area contributed by atoms with Gasteiger partial charge in [-0.05, 0) is 49.3 Å². The van der Waals surface area contributed by atoms with Crippen molar-refractivity contribution < 1.29 is 4.21 Å². The van der Waals surface area contributed by atoms with E-state index in [1.54, 1.807) is 18.2 Å². The van der Waals surface area contributed by atoms with Gasteiger partial charge < -0.3 is 5.73 Å². The van der Waals surface area contributed by atoms with E-state index in [4.69, 9.17) is 17.3 Å². The minimum Gasteiger partial charge on any atom is -0.399 e. The summed E-state index contributed by atoms with van der Waals surface area (Å²) in [4.78, 5) is 0.733. The first kappa shape index (κ1) is 13.9. The summed E-state index contributed by atoms with van der Waals surface area (Å²) in [6, 6.07) is 5.26. The second-order valence-corrected chi connectivity index (χ2v) is 7.64. The zero-order valence-electron chi connectivity index (χ0n) is 10.9. The van der Waals surface area contributed by atoms with E-state index in [-0.39, 0.29) is 5.25 Å². The summed E-state index contributed by atoms with van der Waals surface area (Å²) in [7, 11) is -1.02. The maximum Gasteiger partial charge on any atom is 0.0588 e. The Hall–Kier alpha value is -0.540. The molecule has 1 aliphatic carbocycles. The monoisotopic (exact) mass is 285 g/mol. The molecular weight excluding hydrogens is 266 g/mol. The van der Waals surface area contributed by atoms with Gasteiger partial charge in [-0.25, -0.2) is 0 Å². The van der Waals surface area contributed by atoms with Crippen LogP contribution in [0.3, 0.4) is 0 Å². The quantitative estimate of drug-likeness (QED) is 0.839. The van der Waals surface area contributed by atoms with Crippen molar-refractivity contribution in [3.8, 4) is 0 Å². The molecule has 0 radical (unpaired) electrons. The number of anilines is 1. The fourth-order valence-corrected chi connectivity index (χ4v) is 5.14. The van der Waals surface area contributed by atoms with Crippen LogP contribution in [-0.4, -0.2) is 9.46 Å². The van der Waals surface area contributed by atoms with Gasteiger partial charge >= 0.3 is 0 Å². The molecule has 0 aromatic heterocycles. The van der Waals surface area contributed by atoms with Crippen LogP contribution in [0.5, 0.6) is 0 Å². The van der Waals surface area contributed by atoms with Gasteiger partial charge in [-0.2, -0.15) is 0 Å². The molecule has 1 aliphatic rings. The van der Waals surface area contributed by atoms with Crippen LogP contribution in [0.15, 0.2) is 23.1 Å². The molecular formula is C14H20ClNOS. The number of benzene rings is 1. The molecule has 18 heavy (non-hydrogen) atoms. The largest absolute Gasteiger partial charge is 0.399 e. The average molecular weight is 286 g/mol. The zero-order valence-corrected chi connectivity index (χ0v) is 12.4. The Labute approximate surface area is 116 Å². The van der Waals surface area contributed by atoms with E-state index in [2.05, 4.69) is 13.8 Å². The van der Waals surface area contributed by atoms with Crippen LogP contribution in [-0.2, 0) is 10.8 Å². The van der Waals surface area contributed by atoms with E-state index in [0.29, 0.717) is 22.5 Å². The molecule has 0 saturated heterocycles. The van der Waals surface area contributed by atoms with E-state index < -0.39 is 10.8 Å². The third kappa shape index (κ3) is 3.07. The molecule has 1 aromatic carbocycles. The first-order valence-electron chi connectivity index (χ1n) is 6.43. The zero-order chi connectivity index (χ0) is 13.3. The van der Waals surface area contributed by atoms with Crippen molar-refractivity contribution in [3.63, 3.8) is 0 Å². The van der Waals surface area contributed by atoms with Crippen LogP contribution < -0.4 is 5.73 Å². The van der Waals surface area contributed by atoms with E-state index in [1.807, 2.05) is 0 Å². The summed E-state index contributed by atoms with van der Waals surface area (Å²) >= 11 is 6.14. The standard InChI is InChI=1S/C14H20ClNOS/c1-9-5-10(2)7-12(6-9)18(17)14-4-3-11(16)8-13(14)15/h3-4,8-10,12H,5-7,16H2,1-2H3. The normalized spacial score (nSPS) is 30.1. The fraction of sp³-hybridized carbons (Fsp3) is 0.571. The molecule has 1 fully saturated rings. The number of hydrogen-bond acceptors (Lipinski definition) is 2. The second-order valence-electron chi connectivity index (χ2n) is 5.53. The number of nitrogen functional groups attached to an aromatic ring is 1. The topological polar surface area (TPSA) is 43.1 Å². The molecule has 0 amide bonds. The first-order chi connectivity index (χ1) is 8.47. The average Bonchev–Trinajstić information content (AvgIpc) is 2.26.